The van der Waals surface area contributed by atoms with Crippen LogP contribution < -0.4 is 4.90 Å². The fourth-order valence-corrected chi connectivity index (χ4v) is 3.97. The summed E-state index contributed by atoms with van der Waals surface area (Å²) >= 11 is 1.48. The Bertz CT molecular complexity index is 954. The van der Waals surface area contributed by atoms with Crippen molar-refractivity contribution in [1.82, 2.24) is 10.2 Å². The average Bonchev–Trinajstić information content (AvgIpc) is 3.43. The maximum atomic E-state index is 12.9. The summed E-state index contributed by atoms with van der Waals surface area (Å²) in [5.74, 6) is 0.303. The SMILES string of the molecule is CC(C)(C)c1ccc(-c2nnc(N(Cc3ccccc3)C(=O)C3CC3)s2)cc1. The van der Waals surface area contributed by atoms with Crippen molar-refractivity contribution in [2.45, 2.75) is 45.6 Å². The number of nitrogens with zero attached hydrogens (tertiary/aromatic N) is 3. The molecule has 1 saturated carbocycles. The standard InChI is InChI=1S/C23H25N3OS/c1-23(2,3)19-13-11-17(12-14-19)20-24-25-22(28-20)26(21(27)18-9-10-18)15-16-7-5-4-6-8-16/h4-8,11-14,18H,9-10,15H2,1-3H3. The van der Waals surface area contributed by atoms with Gasteiger partial charge in [0.05, 0.1) is 6.54 Å². The molecule has 0 N–H and O–H groups in total. The van der Waals surface area contributed by atoms with Crippen LogP contribution in [0.1, 0.15) is 44.7 Å². The highest BCUT2D eigenvalue weighted by Gasteiger charge is 2.35. The summed E-state index contributed by atoms with van der Waals surface area (Å²) < 4.78 is 0. The number of carbonyl (C=O) groups is 1. The third kappa shape index (κ3) is 4.14. The number of benzene rings is 2. The number of aromatic nitrogens is 2. The Morgan fingerprint density at radius 2 is 1.71 bits per heavy atom. The minimum absolute atomic E-state index is 0.119. The van der Waals surface area contributed by atoms with Crippen LogP contribution in [0.25, 0.3) is 10.6 Å². The van der Waals surface area contributed by atoms with Crippen LogP contribution in [0.4, 0.5) is 5.13 Å². The van der Waals surface area contributed by atoms with Crippen molar-refractivity contribution in [3.05, 3.63) is 65.7 Å². The molecular weight excluding hydrogens is 366 g/mol. The second-order valence-corrected chi connectivity index (χ2v) is 9.36. The Morgan fingerprint density at radius 1 is 1.04 bits per heavy atom. The number of amides is 1. The summed E-state index contributed by atoms with van der Waals surface area (Å²) in [4.78, 5) is 14.7. The first-order valence-corrected chi connectivity index (χ1v) is 10.5. The van der Waals surface area contributed by atoms with Crippen LogP contribution >= 0.6 is 11.3 Å². The summed E-state index contributed by atoms with van der Waals surface area (Å²) in [6, 6.07) is 18.5. The van der Waals surface area contributed by atoms with Crippen LogP contribution in [0.3, 0.4) is 0 Å². The van der Waals surface area contributed by atoms with Gasteiger partial charge in [0.2, 0.25) is 11.0 Å². The Kier molecular flexibility index (Phi) is 5.02. The van der Waals surface area contributed by atoms with Crippen LogP contribution in [0.15, 0.2) is 54.6 Å². The number of hydrogen-bond acceptors (Lipinski definition) is 4. The zero-order valence-corrected chi connectivity index (χ0v) is 17.4. The molecule has 4 rings (SSSR count). The van der Waals surface area contributed by atoms with Crippen LogP contribution in [-0.2, 0) is 16.8 Å². The molecule has 0 saturated heterocycles. The van der Waals surface area contributed by atoms with Crippen molar-refractivity contribution in [2.75, 3.05) is 4.90 Å². The van der Waals surface area contributed by atoms with Crippen LogP contribution in [0.2, 0.25) is 0 Å². The number of anilines is 1. The Hall–Kier alpha value is -2.53. The third-order valence-electron chi connectivity index (χ3n) is 5.02. The maximum absolute atomic E-state index is 12.9. The zero-order valence-electron chi connectivity index (χ0n) is 16.6. The zero-order chi connectivity index (χ0) is 19.7. The van der Waals surface area contributed by atoms with E-state index >= 15 is 0 Å². The molecule has 144 valence electrons. The first-order chi connectivity index (χ1) is 13.4. The summed E-state index contributed by atoms with van der Waals surface area (Å²) in [5, 5.41) is 10.3. The summed E-state index contributed by atoms with van der Waals surface area (Å²) in [5.41, 5.74) is 3.54. The van der Waals surface area contributed by atoms with E-state index in [-0.39, 0.29) is 17.2 Å². The molecule has 28 heavy (non-hydrogen) atoms. The van der Waals surface area contributed by atoms with E-state index in [0.29, 0.717) is 11.7 Å². The van der Waals surface area contributed by atoms with Crippen molar-refractivity contribution in [1.29, 1.82) is 0 Å². The molecule has 0 bridgehead atoms. The largest absolute Gasteiger partial charge is 0.282 e. The maximum Gasteiger partial charge on any atom is 0.232 e. The second-order valence-electron chi connectivity index (χ2n) is 8.40. The Labute approximate surface area is 170 Å². The van der Waals surface area contributed by atoms with Crippen molar-refractivity contribution < 1.29 is 4.79 Å². The average molecular weight is 392 g/mol. The molecule has 0 unspecified atom stereocenters. The van der Waals surface area contributed by atoms with Gasteiger partial charge in [0.25, 0.3) is 0 Å². The smallest absolute Gasteiger partial charge is 0.232 e. The van der Waals surface area contributed by atoms with Crippen LogP contribution in [-0.4, -0.2) is 16.1 Å². The summed E-state index contributed by atoms with van der Waals surface area (Å²) in [7, 11) is 0. The minimum atomic E-state index is 0.119. The minimum Gasteiger partial charge on any atom is -0.282 e. The van der Waals surface area contributed by atoms with Crippen LogP contribution in [0, 0.1) is 5.92 Å². The van der Waals surface area contributed by atoms with Gasteiger partial charge in [-0.2, -0.15) is 0 Å². The van der Waals surface area contributed by atoms with E-state index in [4.69, 9.17) is 0 Å². The molecule has 1 aliphatic carbocycles. The lowest BCUT2D eigenvalue weighted by Gasteiger charge is -2.19. The van der Waals surface area contributed by atoms with E-state index in [0.717, 1.165) is 29.0 Å². The van der Waals surface area contributed by atoms with Gasteiger partial charge in [-0.25, -0.2) is 0 Å². The first-order valence-electron chi connectivity index (χ1n) is 9.71. The van der Waals surface area contributed by atoms with Gasteiger partial charge in [0, 0.05) is 11.5 Å². The summed E-state index contributed by atoms with van der Waals surface area (Å²) in [6.45, 7) is 7.15. The van der Waals surface area contributed by atoms with Gasteiger partial charge in [-0.3, -0.25) is 9.69 Å². The highest BCUT2D eigenvalue weighted by atomic mass is 32.1. The van der Waals surface area contributed by atoms with Gasteiger partial charge in [-0.15, -0.1) is 10.2 Å². The van der Waals surface area contributed by atoms with Crippen molar-refractivity contribution in [3.63, 3.8) is 0 Å². The van der Waals surface area contributed by atoms with E-state index in [2.05, 4.69) is 55.2 Å². The lowest BCUT2D eigenvalue weighted by atomic mass is 9.87. The molecule has 5 heteroatoms. The number of carbonyl (C=O) groups excluding carboxylic acids is 1. The van der Waals surface area contributed by atoms with Crippen molar-refractivity contribution in [2.24, 2.45) is 5.92 Å². The molecule has 1 amide bonds. The molecular formula is C23H25N3OS. The summed E-state index contributed by atoms with van der Waals surface area (Å²) in [6.07, 6.45) is 1.95. The molecule has 0 spiro atoms. The van der Waals surface area contributed by atoms with Crippen molar-refractivity contribution >= 4 is 22.4 Å². The highest BCUT2D eigenvalue weighted by Crippen LogP contribution is 2.36. The molecule has 1 heterocycles. The Balaban J connectivity index is 1.60. The third-order valence-corrected chi connectivity index (χ3v) is 6.01. The molecule has 4 nitrogen and oxygen atoms in total. The predicted octanol–water partition coefficient (Wildman–Crippen LogP) is 5.45. The molecule has 1 fully saturated rings. The molecule has 1 aliphatic rings. The van der Waals surface area contributed by atoms with E-state index in [1.807, 2.05) is 30.3 Å². The lowest BCUT2D eigenvalue weighted by Crippen LogP contribution is -2.31. The van der Waals surface area contributed by atoms with Gasteiger partial charge in [0.1, 0.15) is 5.01 Å². The topological polar surface area (TPSA) is 46.1 Å². The van der Waals surface area contributed by atoms with Gasteiger partial charge in [0.15, 0.2) is 0 Å². The normalized spacial score (nSPS) is 14.1. The van der Waals surface area contributed by atoms with E-state index in [9.17, 15) is 4.79 Å². The quantitative estimate of drug-likeness (QED) is 0.581. The fraction of sp³-hybridized carbons (Fsp3) is 0.348. The van der Waals surface area contributed by atoms with Gasteiger partial charge in [-0.05, 0) is 29.4 Å². The van der Waals surface area contributed by atoms with Crippen molar-refractivity contribution in [3.8, 4) is 10.6 Å². The molecule has 1 aromatic heterocycles. The van der Waals surface area contributed by atoms with E-state index < -0.39 is 0 Å². The fourth-order valence-electron chi connectivity index (χ4n) is 3.11. The molecule has 0 aliphatic heterocycles. The molecule has 0 radical (unpaired) electrons. The first kappa shape index (κ1) is 18.8. The van der Waals surface area contributed by atoms with Gasteiger partial charge >= 0.3 is 0 Å². The van der Waals surface area contributed by atoms with Gasteiger partial charge < -0.3 is 0 Å². The molecule has 0 atom stereocenters. The van der Waals surface area contributed by atoms with Gasteiger partial charge in [-0.1, -0.05) is 86.7 Å². The van der Waals surface area contributed by atoms with E-state index in [1.165, 1.54) is 16.9 Å². The molecule has 2 aromatic carbocycles. The highest BCUT2D eigenvalue weighted by molar-refractivity contribution is 7.18. The Morgan fingerprint density at radius 3 is 2.32 bits per heavy atom. The number of rotatable bonds is 5. The molecule has 3 aromatic rings. The van der Waals surface area contributed by atoms with E-state index in [1.54, 1.807) is 4.90 Å². The lowest BCUT2D eigenvalue weighted by molar-refractivity contribution is -0.119. The number of hydrogen-bond donors (Lipinski definition) is 0. The van der Waals surface area contributed by atoms with Crippen LogP contribution in [0.5, 0.6) is 0 Å². The second kappa shape index (κ2) is 7.47. The monoisotopic (exact) mass is 391 g/mol. The predicted molar refractivity (Wildman–Crippen MR) is 114 cm³/mol.